The molecule has 0 saturated heterocycles. The van der Waals surface area contributed by atoms with E-state index in [0.29, 0.717) is 11.4 Å². The van der Waals surface area contributed by atoms with Crippen molar-refractivity contribution < 1.29 is 9.59 Å². The van der Waals surface area contributed by atoms with Crippen LogP contribution in [0.15, 0.2) is 41.9 Å². The average Bonchev–Trinajstić information content (AvgIpc) is 2.98. The van der Waals surface area contributed by atoms with Crippen LogP contribution in [0.1, 0.15) is 28.2 Å². The first kappa shape index (κ1) is 13.4. The summed E-state index contributed by atoms with van der Waals surface area (Å²) in [5.41, 5.74) is 0.806. The molecule has 0 aliphatic carbocycles. The third-order valence-corrected chi connectivity index (χ3v) is 3.48. The lowest BCUT2D eigenvalue weighted by Crippen LogP contribution is -2.23. The van der Waals surface area contributed by atoms with E-state index in [4.69, 9.17) is 0 Å². The van der Waals surface area contributed by atoms with Crippen molar-refractivity contribution in [1.29, 1.82) is 0 Å². The summed E-state index contributed by atoms with van der Waals surface area (Å²) in [4.78, 5) is 28.1. The van der Waals surface area contributed by atoms with Gasteiger partial charge in [-0.2, -0.15) is 0 Å². The van der Waals surface area contributed by atoms with Crippen LogP contribution < -0.4 is 5.32 Å². The van der Waals surface area contributed by atoms with Crippen LogP contribution in [0, 0.1) is 0 Å². The second-order valence-electron chi connectivity index (χ2n) is 4.00. The van der Waals surface area contributed by atoms with Gasteiger partial charge in [-0.15, -0.1) is 11.3 Å². The van der Waals surface area contributed by atoms with Crippen LogP contribution in [0.25, 0.3) is 0 Å². The zero-order valence-electron chi connectivity index (χ0n) is 10.3. The van der Waals surface area contributed by atoms with Crippen LogP contribution in [0.2, 0.25) is 0 Å². The van der Waals surface area contributed by atoms with Crippen LogP contribution in [-0.4, -0.2) is 16.7 Å². The number of nitrogens with zero attached hydrogens (tertiary/aromatic N) is 1. The molecule has 0 saturated carbocycles. The summed E-state index contributed by atoms with van der Waals surface area (Å²) < 4.78 is 0. The van der Waals surface area contributed by atoms with E-state index in [1.807, 2.05) is 29.6 Å². The Morgan fingerprint density at radius 1 is 1.16 bits per heavy atom. The normalized spacial score (nSPS) is 10.1. The monoisotopic (exact) mass is 274 g/mol. The number of aromatic nitrogens is 1. The molecular weight excluding hydrogens is 260 g/mol. The molecule has 0 bridgehead atoms. The van der Waals surface area contributed by atoms with Gasteiger partial charge in [0.25, 0.3) is 0 Å². The summed E-state index contributed by atoms with van der Waals surface area (Å²) in [6.45, 7) is 0.396. The van der Waals surface area contributed by atoms with Gasteiger partial charge >= 0.3 is 0 Å². The van der Waals surface area contributed by atoms with Gasteiger partial charge in [0, 0.05) is 19.0 Å². The molecular formula is C14H14N2O2S. The number of rotatable bonds is 6. The number of nitrogens with one attached hydrogen (secondary N) is 1. The van der Waals surface area contributed by atoms with Crippen molar-refractivity contribution in [2.75, 3.05) is 0 Å². The summed E-state index contributed by atoms with van der Waals surface area (Å²) >= 11 is 1.40. The van der Waals surface area contributed by atoms with E-state index in [1.165, 1.54) is 11.3 Å². The molecule has 1 amide bonds. The van der Waals surface area contributed by atoms with Gasteiger partial charge in [-0.1, -0.05) is 12.1 Å². The van der Waals surface area contributed by atoms with Gasteiger partial charge in [-0.3, -0.25) is 14.6 Å². The van der Waals surface area contributed by atoms with Gasteiger partial charge in [-0.05, 0) is 23.6 Å². The number of pyridine rings is 1. The fourth-order valence-electron chi connectivity index (χ4n) is 1.57. The minimum Gasteiger partial charge on any atom is -0.350 e. The van der Waals surface area contributed by atoms with Gasteiger partial charge in [0.2, 0.25) is 5.91 Å². The van der Waals surface area contributed by atoms with E-state index in [2.05, 4.69) is 10.3 Å². The molecule has 98 valence electrons. The second kappa shape index (κ2) is 6.80. The van der Waals surface area contributed by atoms with E-state index < -0.39 is 0 Å². The first-order chi connectivity index (χ1) is 9.25. The Morgan fingerprint density at radius 2 is 2.05 bits per heavy atom. The Balaban J connectivity index is 1.72. The van der Waals surface area contributed by atoms with Crippen molar-refractivity contribution >= 4 is 23.0 Å². The maximum absolute atomic E-state index is 11.7. The quantitative estimate of drug-likeness (QED) is 0.823. The molecule has 0 radical (unpaired) electrons. The molecule has 4 nitrogen and oxygen atoms in total. The lowest BCUT2D eigenvalue weighted by atomic mass is 10.2. The highest BCUT2D eigenvalue weighted by molar-refractivity contribution is 7.12. The molecule has 5 heteroatoms. The van der Waals surface area contributed by atoms with E-state index in [1.54, 1.807) is 12.3 Å². The van der Waals surface area contributed by atoms with Gasteiger partial charge in [-0.25, -0.2) is 0 Å². The number of ketones is 1. The fraction of sp³-hybridized carbons (Fsp3) is 0.214. The number of thiophene rings is 1. The van der Waals surface area contributed by atoms with Crippen LogP contribution in [0.3, 0.4) is 0 Å². The Kier molecular flexibility index (Phi) is 4.80. The zero-order valence-corrected chi connectivity index (χ0v) is 11.2. The summed E-state index contributed by atoms with van der Waals surface area (Å²) in [7, 11) is 0. The summed E-state index contributed by atoms with van der Waals surface area (Å²) in [6, 6.07) is 9.15. The smallest absolute Gasteiger partial charge is 0.220 e. The summed E-state index contributed by atoms with van der Waals surface area (Å²) in [5, 5.41) is 4.60. The molecule has 2 heterocycles. The lowest BCUT2D eigenvalue weighted by molar-refractivity contribution is -0.121. The highest BCUT2D eigenvalue weighted by Gasteiger charge is 2.09. The van der Waals surface area contributed by atoms with Gasteiger partial charge in [0.1, 0.15) is 0 Å². The summed E-state index contributed by atoms with van der Waals surface area (Å²) in [6.07, 6.45) is 2.14. The molecule has 2 aromatic rings. The molecule has 0 aliphatic rings. The number of carbonyl (C=O) groups excluding carboxylic acids is 2. The molecule has 0 fully saturated rings. The second-order valence-corrected chi connectivity index (χ2v) is 4.95. The third kappa shape index (κ3) is 4.30. The maximum Gasteiger partial charge on any atom is 0.220 e. The number of Topliss-reactive ketones (excluding diaryl/α,β-unsaturated/α-hetero) is 1. The minimum atomic E-state index is -0.129. The van der Waals surface area contributed by atoms with Gasteiger partial charge in [0.05, 0.1) is 17.1 Å². The highest BCUT2D eigenvalue weighted by atomic mass is 32.1. The van der Waals surface area contributed by atoms with Gasteiger partial charge in [0.15, 0.2) is 5.78 Å². The van der Waals surface area contributed by atoms with Crippen LogP contribution in [0.4, 0.5) is 0 Å². The number of hydrogen-bond acceptors (Lipinski definition) is 4. The standard InChI is InChI=1S/C14H14N2O2S/c17-12(13-5-3-9-19-13)6-7-14(18)16-10-11-4-1-2-8-15-11/h1-5,8-9H,6-7,10H2,(H,16,18). The van der Waals surface area contributed by atoms with E-state index >= 15 is 0 Å². The Morgan fingerprint density at radius 3 is 2.74 bits per heavy atom. The van der Waals surface area contributed by atoms with Crippen LogP contribution >= 0.6 is 11.3 Å². The molecule has 0 aromatic carbocycles. The van der Waals surface area contributed by atoms with Gasteiger partial charge < -0.3 is 5.32 Å². The van der Waals surface area contributed by atoms with Crippen molar-refractivity contribution in [3.8, 4) is 0 Å². The van der Waals surface area contributed by atoms with Crippen molar-refractivity contribution in [1.82, 2.24) is 10.3 Å². The van der Waals surface area contributed by atoms with Crippen LogP contribution in [-0.2, 0) is 11.3 Å². The predicted octanol–water partition coefficient (Wildman–Crippen LogP) is 2.42. The Bertz CT molecular complexity index is 538. The Labute approximate surface area is 115 Å². The SMILES string of the molecule is O=C(CCC(=O)c1cccs1)NCc1ccccn1. The minimum absolute atomic E-state index is 0.0167. The van der Waals surface area contributed by atoms with E-state index in [-0.39, 0.29) is 24.5 Å². The van der Waals surface area contributed by atoms with Crippen molar-refractivity contribution in [3.05, 3.63) is 52.5 Å². The first-order valence-corrected chi connectivity index (χ1v) is 6.87. The van der Waals surface area contributed by atoms with Crippen molar-refractivity contribution in [3.63, 3.8) is 0 Å². The Hall–Kier alpha value is -2.01. The number of hydrogen-bond donors (Lipinski definition) is 1. The molecule has 0 atom stereocenters. The largest absolute Gasteiger partial charge is 0.350 e. The highest BCUT2D eigenvalue weighted by Crippen LogP contribution is 2.12. The average molecular weight is 274 g/mol. The first-order valence-electron chi connectivity index (χ1n) is 5.99. The predicted molar refractivity (Wildman–Crippen MR) is 74.0 cm³/mol. The molecule has 0 aliphatic heterocycles. The lowest BCUT2D eigenvalue weighted by Gasteiger charge is -2.03. The molecule has 0 unspecified atom stereocenters. The van der Waals surface area contributed by atoms with Crippen molar-refractivity contribution in [2.45, 2.75) is 19.4 Å². The van der Waals surface area contributed by atoms with E-state index in [0.717, 1.165) is 5.69 Å². The molecule has 2 rings (SSSR count). The number of carbonyl (C=O) groups is 2. The fourth-order valence-corrected chi connectivity index (χ4v) is 2.26. The van der Waals surface area contributed by atoms with E-state index in [9.17, 15) is 9.59 Å². The zero-order chi connectivity index (χ0) is 13.5. The van der Waals surface area contributed by atoms with Crippen molar-refractivity contribution in [2.24, 2.45) is 0 Å². The maximum atomic E-state index is 11.7. The summed E-state index contributed by atoms with van der Waals surface area (Å²) in [5.74, 6) is -0.112. The topological polar surface area (TPSA) is 59.1 Å². The van der Waals surface area contributed by atoms with Crippen LogP contribution in [0.5, 0.6) is 0 Å². The number of amides is 1. The molecule has 19 heavy (non-hydrogen) atoms. The molecule has 1 N–H and O–H groups in total. The third-order valence-electron chi connectivity index (χ3n) is 2.57. The molecule has 0 spiro atoms. The molecule has 2 aromatic heterocycles.